The standard InChI is InChI=1S/C18H19N5O2/c24-13-16(14-6-2-1-3-7-14)21-18(25)22-17-9-11-20-23(17)12-15-8-4-5-10-19-15/h1-11,16,24H,12-13H2,(H2,21,22,25)/t16-/m1/s1. The van der Waals surface area contributed by atoms with Crippen LogP contribution in [0.1, 0.15) is 17.3 Å². The van der Waals surface area contributed by atoms with Gasteiger partial charge in [-0.25, -0.2) is 9.48 Å². The van der Waals surface area contributed by atoms with Gasteiger partial charge in [-0.3, -0.25) is 10.3 Å². The van der Waals surface area contributed by atoms with Crippen molar-refractivity contribution in [1.82, 2.24) is 20.1 Å². The molecule has 0 saturated carbocycles. The van der Waals surface area contributed by atoms with Gasteiger partial charge in [0.1, 0.15) is 5.82 Å². The van der Waals surface area contributed by atoms with Crippen LogP contribution in [-0.4, -0.2) is 32.5 Å². The number of pyridine rings is 1. The first-order valence-corrected chi connectivity index (χ1v) is 7.91. The highest BCUT2D eigenvalue weighted by Gasteiger charge is 2.14. The van der Waals surface area contributed by atoms with Crippen molar-refractivity contribution >= 4 is 11.8 Å². The van der Waals surface area contributed by atoms with Gasteiger partial charge in [0.25, 0.3) is 0 Å². The van der Waals surface area contributed by atoms with Gasteiger partial charge in [0.05, 0.1) is 31.1 Å². The Hall–Kier alpha value is -3.19. The average molecular weight is 337 g/mol. The summed E-state index contributed by atoms with van der Waals surface area (Å²) in [5.74, 6) is 0.549. The van der Waals surface area contributed by atoms with Gasteiger partial charge in [-0.1, -0.05) is 36.4 Å². The number of carbonyl (C=O) groups is 1. The lowest BCUT2D eigenvalue weighted by atomic mass is 10.1. The maximum absolute atomic E-state index is 12.3. The summed E-state index contributed by atoms with van der Waals surface area (Å²) in [6.07, 6.45) is 3.32. The Balaban J connectivity index is 1.64. The van der Waals surface area contributed by atoms with Gasteiger partial charge in [-0.05, 0) is 17.7 Å². The van der Waals surface area contributed by atoms with Gasteiger partial charge in [0, 0.05) is 12.3 Å². The Morgan fingerprint density at radius 2 is 1.88 bits per heavy atom. The topological polar surface area (TPSA) is 92.1 Å². The van der Waals surface area contributed by atoms with Gasteiger partial charge in [0.2, 0.25) is 0 Å². The predicted molar refractivity (Wildman–Crippen MR) is 94.0 cm³/mol. The van der Waals surface area contributed by atoms with E-state index in [0.29, 0.717) is 12.4 Å². The molecule has 0 radical (unpaired) electrons. The fourth-order valence-electron chi connectivity index (χ4n) is 2.44. The molecule has 2 aromatic heterocycles. The second-order valence-corrected chi connectivity index (χ2v) is 5.44. The highest BCUT2D eigenvalue weighted by atomic mass is 16.3. The summed E-state index contributed by atoms with van der Waals surface area (Å²) in [5, 5.41) is 19.3. The van der Waals surface area contributed by atoms with Crippen molar-refractivity contribution in [2.45, 2.75) is 12.6 Å². The molecule has 0 fully saturated rings. The number of rotatable bonds is 6. The summed E-state index contributed by atoms with van der Waals surface area (Å²) in [6.45, 7) is 0.260. The third kappa shape index (κ3) is 4.42. The molecular formula is C18H19N5O2. The highest BCUT2D eigenvalue weighted by molar-refractivity contribution is 5.88. The van der Waals surface area contributed by atoms with E-state index in [1.807, 2.05) is 48.5 Å². The van der Waals surface area contributed by atoms with Gasteiger partial charge in [-0.2, -0.15) is 5.10 Å². The van der Waals surface area contributed by atoms with E-state index in [1.54, 1.807) is 23.1 Å². The molecule has 2 amide bonds. The Morgan fingerprint density at radius 1 is 1.08 bits per heavy atom. The lowest BCUT2D eigenvalue weighted by Gasteiger charge is -2.17. The third-order valence-corrected chi connectivity index (χ3v) is 3.69. The smallest absolute Gasteiger partial charge is 0.320 e. The van der Waals surface area contributed by atoms with Crippen molar-refractivity contribution in [3.63, 3.8) is 0 Å². The number of aliphatic hydroxyl groups is 1. The zero-order valence-electron chi connectivity index (χ0n) is 13.5. The van der Waals surface area contributed by atoms with Crippen molar-refractivity contribution in [3.8, 4) is 0 Å². The van der Waals surface area contributed by atoms with Crippen molar-refractivity contribution in [2.75, 3.05) is 11.9 Å². The maximum Gasteiger partial charge on any atom is 0.320 e. The maximum atomic E-state index is 12.3. The summed E-state index contributed by atoms with van der Waals surface area (Å²) in [7, 11) is 0. The Labute approximate surface area is 145 Å². The summed E-state index contributed by atoms with van der Waals surface area (Å²) >= 11 is 0. The van der Waals surface area contributed by atoms with Gasteiger partial charge >= 0.3 is 6.03 Å². The molecule has 7 heteroatoms. The molecule has 25 heavy (non-hydrogen) atoms. The van der Waals surface area contributed by atoms with Crippen LogP contribution in [0.5, 0.6) is 0 Å². The van der Waals surface area contributed by atoms with E-state index in [2.05, 4.69) is 20.7 Å². The molecular weight excluding hydrogens is 318 g/mol. The van der Waals surface area contributed by atoms with Crippen molar-refractivity contribution in [2.24, 2.45) is 0 Å². The summed E-state index contributed by atoms with van der Waals surface area (Å²) < 4.78 is 1.65. The normalized spacial score (nSPS) is 11.7. The first kappa shape index (κ1) is 16.7. The van der Waals surface area contributed by atoms with Crippen molar-refractivity contribution in [3.05, 3.63) is 78.2 Å². The molecule has 1 atom stereocenters. The summed E-state index contributed by atoms with van der Waals surface area (Å²) in [4.78, 5) is 16.5. The number of carbonyl (C=O) groups excluding carboxylic acids is 1. The molecule has 7 nitrogen and oxygen atoms in total. The monoisotopic (exact) mass is 337 g/mol. The SMILES string of the molecule is O=C(Nc1ccnn1Cc1ccccn1)N[C@H](CO)c1ccccc1. The Morgan fingerprint density at radius 3 is 2.60 bits per heavy atom. The number of aromatic nitrogens is 3. The zero-order valence-corrected chi connectivity index (χ0v) is 13.5. The van der Waals surface area contributed by atoms with Crippen LogP contribution >= 0.6 is 0 Å². The van der Waals surface area contributed by atoms with Gasteiger partial charge in [0.15, 0.2) is 0 Å². The molecule has 0 saturated heterocycles. The molecule has 0 bridgehead atoms. The number of amides is 2. The molecule has 0 aliphatic rings. The first-order valence-electron chi connectivity index (χ1n) is 7.91. The molecule has 0 unspecified atom stereocenters. The number of benzene rings is 1. The number of nitrogens with one attached hydrogen (secondary N) is 2. The number of hydrogen-bond donors (Lipinski definition) is 3. The molecule has 3 N–H and O–H groups in total. The minimum atomic E-state index is -0.478. The second-order valence-electron chi connectivity index (χ2n) is 5.44. The van der Waals surface area contributed by atoms with E-state index in [4.69, 9.17) is 0 Å². The molecule has 3 rings (SSSR count). The van der Waals surface area contributed by atoms with Crippen LogP contribution < -0.4 is 10.6 Å². The number of hydrogen-bond acceptors (Lipinski definition) is 4. The quantitative estimate of drug-likeness (QED) is 0.643. The van der Waals surface area contributed by atoms with Crippen molar-refractivity contribution in [1.29, 1.82) is 0 Å². The van der Waals surface area contributed by atoms with E-state index >= 15 is 0 Å². The Bertz CT molecular complexity index is 805. The fraction of sp³-hybridized carbons (Fsp3) is 0.167. The number of anilines is 1. The van der Waals surface area contributed by atoms with Gasteiger partial charge < -0.3 is 10.4 Å². The molecule has 0 aliphatic carbocycles. The molecule has 3 aromatic rings. The van der Waals surface area contributed by atoms with Crippen LogP contribution in [0.15, 0.2) is 67.0 Å². The summed E-state index contributed by atoms with van der Waals surface area (Å²) in [5.41, 5.74) is 1.68. The molecule has 2 heterocycles. The average Bonchev–Trinajstić information content (AvgIpc) is 3.08. The largest absolute Gasteiger partial charge is 0.394 e. The van der Waals surface area contributed by atoms with Crippen LogP contribution in [0.3, 0.4) is 0 Å². The number of aliphatic hydroxyl groups excluding tert-OH is 1. The lowest BCUT2D eigenvalue weighted by Crippen LogP contribution is -2.35. The lowest BCUT2D eigenvalue weighted by molar-refractivity contribution is 0.225. The van der Waals surface area contributed by atoms with Crippen LogP contribution in [0.2, 0.25) is 0 Å². The van der Waals surface area contributed by atoms with Gasteiger partial charge in [-0.15, -0.1) is 0 Å². The van der Waals surface area contributed by atoms with E-state index in [9.17, 15) is 9.90 Å². The van der Waals surface area contributed by atoms with Crippen LogP contribution in [-0.2, 0) is 6.54 Å². The van der Waals surface area contributed by atoms with E-state index in [-0.39, 0.29) is 6.61 Å². The number of nitrogens with zero attached hydrogens (tertiary/aromatic N) is 3. The first-order chi connectivity index (χ1) is 12.3. The predicted octanol–water partition coefficient (Wildman–Crippen LogP) is 2.18. The number of urea groups is 1. The van der Waals surface area contributed by atoms with E-state index in [1.165, 1.54) is 0 Å². The highest BCUT2D eigenvalue weighted by Crippen LogP contribution is 2.13. The molecule has 128 valence electrons. The van der Waals surface area contributed by atoms with Crippen molar-refractivity contribution < 1.29 is 9.90 Å². The van der Waals surface area contributed by atoms with Crippen LogP contribution in [0.4, 0.5) is 10.6 Å². The second kappa shape index (κ2) is 8.07. The molecule has 1 aromatic carbocycles. The Kier molecular flexibility index (Phi) is 5.38. The third-order valence-electron chi connectivity index (χ3n) is 3.69. The molecule has 0 spiro atoms. The fourth-order valence-corrected chi connectivity index (χ4v) is 2.44. The summed E-state index contributed by atoms with van der Waals surface area (Å²) in [6, 6.07) is 15.8. The zero-order chi connectivity index (χ0) is 17.5. The van der Waals surface area contributed by atoms with Crippen LogP contribution in [0.25, 0.3) is 0 Å². The van der Waals surface area contributed by atoms with E-state index in [0.717, 1.165) is 11.3 Å². The van der Waals surface area contributed by atoms with Crippen LogP contribution in [0, 0.1) is 0 Å². The molecule has 0 aliphatic heterocycles. The van der Waals surface area contributed by atoms with E-state index < -0.39 is 12.1 Å². The minimum absolute atomic E-state index is 0.190. The minimum Gasteiger partial charge on any atom is -0.394 e.